The van der Waals surface area contributed by atoms with Crippen LogP contribution in [0.25, 0.3) is 0 Å². The van der Waals surface area contributed by atoms with Crippen molar-refractivity contribution in [3.8, 4) is 0 Å². The van der Waals surface area contributed by atoms with E-state index in [0.29, 0.717) is 6.42 Å². The van der Waals surface area contributed by atoms with Gasteiger partial charge in [0.1, 0.15) is 5.82 Å². The van der Waals surface area contributed by atoms with Crippen LogP contribution in [0.5, 0.6) is 0 Å². The predicted octanol–water partition coefficient (Wildman–Crippen LogP) is 1.25. The summed E-state index contributed by atoms with van der Waals surface area (Å²) >= 11 is 0. The Balaban J connectivity index is 3.03. The lowest BCUT2D eigenvalue weighted by Crippen LogP contribution is -2.52. The molecular weight excluding hydrogens is 262 g/mol. The van der Waals surface area contributed by atoms with Gasteiger partial charge in [0.05, 0.1) is 4.75 Å². The second kappa shape index (κ2) is 6.05. The van der Waals surface area contributed by atoms with Gasteiger partial charge in [0.15, 0.2) is 9.84 Å². The third kappa shape index (κ3) is 3.57. The van der Waals surface area contributed by atoms with E-state index in [0.717, 1.165) is 18.9 Å². The van der Waals surface area contributed by atoms with E-state index in [4.69, 9.17) is 0 Å². The van der Waals surface area contributed by atoms with Crippen molar-refractivity contribution in [2.45, 2.75) is 51.4 Å². The van der Waals surface area contributed by atoms with E-state index in [-0.39, 0.29) is 6.04 Å². The van der Waals surface area contributed by atoms with Crippen LogP contribution in [-0.4, -0.2) is 41.6 Å². The Bertz CT molecular complexity index is 506. The zero-order valence-corrected chi connectivity index (χ0v) is 13.3. The Morgan fingerprint density at radius 1 is 1.42 bits per heavy atom. The fraction of sp³-hybridized carbons (Fsp3) is 0.769. The summed E-state index contributed by atoms with van der Waals surface area (Å²) in [6, 6.07) is -0.153. The van der Waals surface area contributed by atoms with Crippen LogP contribution in [0.3, 0.4) is 0 Å². The Labute approximate surface area is 116 Å². The lowest BCUT2D eigenvalue weighted by molar-refractivity contribution is 0.403. The highest BCUT2D eigenvalue weighted by molar-refractivity contribution is 7.92. The molecule has 0 spiro atoms. The average Bonchev–Trinajstić information content (AvgIpc) is 2.74. The van der Waals surface area contributed by atoms with Crippen molar-refractivity contribution in [1.82, 2.24) is 14.9 Å². The molecule has 0 amide bonds. The molecule has 110 valence electrons. The SMILES string of the molecule is CCNC(Cc1nccn1CC)C(C)(C)S(C)(=O)=O. The number of nitrogens with zero attached hydrogens (tertiary/aromatic N) is 2. The van der Waals surface area contributed by atoms with Gasteiger partial charge in [-0.05, 0) is 27.3 Å². The summed E-state index contributed by atoms with van der Waals surface area (Å²) in [6.45, 7) is 9.15. The largest absolute Gasteiger partial charge is 0.335 e. The van der Waals surface area contributed by atoms with Crippen molar-refractivity contribution in [2.24, 2.45) is 0 Å². The number of hydrogen-bond acceptors (Lipinski definition) is 4. The lowest BCUT2D eigenvalue weighted by atomic mass is 9.99. The second-order valence-electron chi connectivity index (χ2n) is 5.32. The summed E-state index contributed by atoms with van der Waals surface area (Å²) < 4.78 is 25.2. The fourth-order valence-electron chi connectivity index (χ4n) is 2.07. The van der Waals surface area contributed by atoms with Gasteiger partial charge < -0.3 is 9.88 Å². The summed E-state index contributed by atoms with van der Waals surface area (Å²) in [7, 11) is -3.15. The number of sulfone groups is 1. The molecular formula is C13H25N3O2S. The molecule has 0 aliphatic carbocycles. The Kier molecular flexibility index (Phi) is 5.15. The second-order valence-corrected chi connectivity index (χ2v) is 7.92. The quantitative estimate of drug-likeness (QED) is 0.819. The van der Waals surface area contributed by atoms with Gasteiger partial charge in [-0.1, -0.05) is 6.92 Å². The monoisotopic (exact) mass is 287 g/mol. The molecule has 0 bridgehead atoms. The predicted molar refractivity (Wildman–Crippen MR) is 78.0 cm³/mol. The van der Waals surface area contributed by atoms with Gasteiger partial charge in [-0.15, -0.1) is 0 Å². The highest BCUT2D eigenvalue weighted by atomic mass is 32.2. The third-order valence-electron chi connectivity index (χ3n) is 3.77. The molecule has 6 heteroatoms. The maximum Gasteiger partial charge on any atom is 0.154 e. The minimum Gasteiger partial charge on any atom is -0.335 e. The van der Waals surface area contributed by atoms with Crippen LogP contribution in [-0.2, 0) is 22.8 Å². The molecule has 1 aromatic heterocycles. The van der Waals surface area contributed by atoms with Crippen LogP contribution in [0.1, 0.15) is 33.5 Å². The number of nitrogens with one attached hydrogen (secondary N) is 1. The average molecular weight is 287 g/mol. The molecule has 1 atom stereocenters. The molecule has 0 aliphatic rings. The first-order valence-corrected chi connectivity index (χ1v) is 8.56. The van der Waals surface area contributed by atoms with Gasteiger partial charge in [-0.25, -0.2) is 13.4 Å². The molecule has 0 aliphatic heterocycles. The molecule has 1 heterocycles. The number of hydrogen-bond donors (Lipinski definition) is 1. The maximum atomic E-state index is 12.0. The summed E-state index contributed by atoms with van der Waals surface area (Å²) in [5.41, 5.74) is 0. The van der Waals surface area contributed by atoms with Gasteiger partial charge in [0.2, 0.25) is 0 Å². The Morgan fingerprint density at radius 3 is 2.53 bits per heavy atom. The van der Waals surface area contributed by atoms with Crippen LogP contribution in [0, 0.1) is 0 Å². The van der Waals surface area contributed by atoms with Crippen LogP contribution in [0.2, 0.25) is 0 Å². The first-order chi connectivity index (χ1) is 8.74. The zero-order chi connectivity index (χ0) is 14.7. The van der Waals surface area contributed by atoms with Crippen LogP contribution in [0.15, 0.2) is 12.4 Å². The van der Waals surface area contributed by atoms with Crippen LogP contribution >= 0.6 is 0 Å². The third-order valence-corrected chi connectivity index (χ3v) is 5.97. The van der Waals surface area contributed by atoms with Crippen LogP contribution in [0.4, 0.5) is 0 Å². The van der Waals surface area contributed by atoms with Gasteiger partial charge in [0.25, 0.3) is 0 Å². The minimum atomic E-state index is -3.15. The van der Waals surface area contributed by atoms with Gasteiger partial charge in [-0.3, -0.25) is 0 Å². The topological polar surface area (TPSA) is 64.0 Å². The Morgan fingerprint density at radius 2 is 2.05 bits per heavy atom. The molecule has 0 saturated heterocycles. The van der Waals surface area contributed by atoms with Crippen molar-refractivity contribution >= 4 is 9.84 Å². The number of imidazole rings is 1. The molecule has 1 rings (SSSR count). The molecule has 5 nitrogen and oxygen atoms in total. The zero-order valence-electron chi connectivity index (χ0n) is 12.5. The Hall–Kier alpha value is -0.880. The highest BCUT2D eigenvalue weighted by Crippen LogP contribution is 2.23. The first-order valence-electron chi connectivity index (χ1n) is 6.67. The number of aromatic nitrogens is 2. The minimum absolute atomic E-state index is 0.153. The van der Waals surface area contributed by atoms with Gasteiger partial charge >= 0.3 is 0 Å². The molecule has 0 fully saturated rings. The van der Waals surface area contributed by atoms with E-state index >= 15 is 0 Å². The van der Waals surface area contributed by atoms with E-state index < -0.39 is 14.6 Å². The van der Waals surface area contributed by atoms with Gasteiger partial charge in [0, 0.05) is 37.7 Å². The number of rotatable bonds is 7. The standard InChI is InChI=1S/C13H25N3O2S/c1-6-14-11(13(3,4)19(5,17)18)10-12-15-8-9-16(12)7-2/h8-9,11,14H,6-7,10H2,1-5H3. The fourth-order valence-corrected chi connectivity index (χ4v) is 2.75. The van der Waals surface area contributed by atoms with Crippen molar-refractivity contribution in [3.05, 3.63) is 18.2 Å². The molecule has 0 aromatic carbocycles. The normalized spacial score (nSPS) is 14.6. The van der Waals surface area contributed by atoms with Crippen molar-refractivity contribution < 1.29 is 8.42 Å². The summed E-state index contributed by atoms with van der Waals surface area (Å²) in [4.78, 5) is 4.33. The number of aryl methyl sites for hydroxylation is 1. The number of likely N-dealkylation sites (N-methyl/N-ethyl adjacent to an activating group) is 1. The van der Waals surface area contributed by atoms with E-state index in [9.17, 15) is 8.42 Å². The highest BCUT2D eigenvalue weighted by Gasteiger charge is 2.39. The molecule has 19 heavy (non-hydrogen) atoms. The summed E-state index contributed by atoms with van der Waals surface area (Å²) in [5.74, 6) is 0.921. The first kappa shape index (κ1) is 16.2. The molecule has 1 N–H and O–H groups in total. The van der Waals surface area contributed by atoms with E-state index in [2.05, 4.69) is 17.2 Å². The maximum absolute atomic E-state index is 12.0. The van der Waals surface area contributed by atoms with E-state index in [1.807, 2.05) is 17.7 Å². The van der Waals surface area contributed by atoms with Crippen molar-refractivity contribution in [2.75, 3.05) is 12.8 Å². The lowest BCUT2D eigenvalue weighted by Gasteiger charge is -2.33. The van der Waals surface area contributed by atoms with Crippen molar-refractivity contribution in [3.63, 3.8) is 0 Å². The van der Waals surface area contributed by atoms with E-state index in [1.54, 1.807) is 20.0 Å². The van der Waals surface area contributed by atoms with Gasteiger partial charge in [-0.2, -0.15) is 0 Å². The molecule has 1 unspecified atom stereocenters. The molecule has 0 radical (unpaired) electrons. The summed E-state index contributed by atoms with van der Waals surface area (Å²) in [6.07, 6.45) is 5.58. The molecule has 1 aromatic rings. The molecule has 0 saturated carbocycles. The smallest absolute Gasteiger partial charge is 0.154 e. The van der Waals surface area contributed by atoms with Crippen LogP contribution < -0.4 is 5.32 Å². The van der Waals surface area contributed by atoms with Crippen molar-refractivity contribution in [1.29, 1.82) is 0 Å². The summed E-state index contributed by atoms with van der Waals surface area (Å²) in [5, 5.41) is 3.29. The van der Waals surface area contributed by atoms with E-state index in [1.165, 1.54) is 6.26 Å².